The van der Waals surface area contributed by atoms with Gasteiger partial charge < -0.3 is 10.1 Å². The van der Waals surface area contributed by atoms with Gasteiger partial charge in [-0.3, -0.25) is 9.59 Å². The number of carbonyl (C=O) groups excluding carboxylic acids is 3. The van der Waals surface area contributed by atoms with Gasteiger partial charge >= 0.3 is 0 Å². The van der Waals surface area contributed by atoms with Crippen molar-refractivity contribution in [2.75, 3.05) is 6.54 Å². The number of aldehydes is 1. The van der Waals surface area contributed by atoms with Crippen LogP contribution < -0.4 is 5.32 Å². The molecule has 1 aliphatic rings. The molecule has 25 heavy (non-hydrogen) atoms. The minimum Gasteiger partial charge on any atom is -0.382 e. The molecular weight excluding hydrogens is 314 g/mol. The fourth-order valence-electron chi connectivity index (χ4n) is 3.09. The van der Waals surface area contributed by atoms with E-state index in [1.54, 1.807) is 24.3 Å². The van der Waals surface area contributed by atoms with Crippen LogP contribution in [0.3, 0.4) is 0 Å². The highest BCUT2D eigenvalue weighted by Crippen LogP contribution is 2.23. The smallest absolute Gasteiger partial charge is 0.209 e. The molecule has 4 nitrogen and oxygen atoms in total. The number of carbonyl (C=O) groups is 3. The van der Waals surface area contributed by atoms with E-state index in [1.165, 1.54) is 6.08 Å². The monoisotopic (exact) mass is 333 g/mol. The molecule has 126 valence electrons. The van der Waals surface area contributed by atoms with Crippen LogP contribution in [0.5, 0.6) is 0 Å². The second-order valence-electron chi connectivity index (χ2n) is 6.02. The molecule has 2 aromatic rings. The first-order valence-corrected chi connectivity index (χ1v) is 8.33. The molecule has 0 saturated heterocycles. The van der Waals surface area contributed by atoms with Crippen molar-refractivity contribution in [2.45, 2.75) is 18.8 Å². The van der Waals surface area contributed by atoms with Gasteiger partial charge in [-0.25, -0.2) is 0 Å². The van der Waals surface area contributed by atoms with Gasteiger partial charge in [0.25, 0.3) is 0 Å². The third-order valence-electron chi connectivity index (χ3n) is 4.42. The molecule has 0 radical (unpaired) electrons. The van der Waals surface area contributed by atoms with Gasteiger partial charge in [-0.1, -0.05) is 54.6 Å². The number of Topliss-reactive ketones (excluding diaryl/α,β-unsaturated/α-hetero) is 1. The van der Waals surface area contributed by atoms with Crippen LogP contribution in [0.2, 0.25) is 0 Å². The van der Waals surface area contributed by atoms with Crippen molar-refractivity contribution in [3.05, 3.63) is 83.1 Å². The summed E-state index contributed by atoms with van der Waals surface area (Å²) >= 11 is 0. The maximum absolute atomic E-state index is 12.5. The fraction of sp³-hybridized carbons (Fsp3) is 0.190. The molecule has 0 aliphatic heterocycles. The Labute approximate surface area is 146 Å². The van der Waals surface area contributed by atoms with Crippen molar-refractivity contribution in [1.29, 1.82) is 0 Å². The predicted octanol–water partition coefficient (Wildman–Crippen LogP) is 3.30. The Kier molecular flexibility index (Phi) is 5.19. The van der Waals surface area contributed by atoms with E-state index in [2.05, 4.69) is 5.32 Å². The summed E-state index contributed by atoms with van der Waals surface area (Å²) in [5.41, 5.74) is 2.30. The van der Waals surface area contributed by atoms with E-state index in [-0.39, 0.29) is 17.5 Å². The van der Waals surface area contributed by atoms with Gasteiger partial charge in [0.05, 0.1) is 5.70 Å². The Balaban J connectivity index is 1.66. The molecule has 1 N–H and O–H groups in total. The van der Waals surface area contributed by atoms with Crippen molar-refractivity contribution < 1.29 is 14.4 Å². The molecule has 1 atom stereocenters. The Morgan fingerprint density at radius 3 is 2.32 bits per heavy atom. The maximum Gasteiger partial charge on any atom is 0.209 e. The summed E-state index contributed by atoms with van der Waals surface area (Å²) in [5, 5.41) is 3.08. The summed E-state index contributed by atoms with van der Waals surface area (Å²) in [7, 11) is 0. The zero-order valence-electron chi connectivity index (χ0n) is 13.8. The van der Waals surface area contributed by atoms with Gasteiger partial charge in [0.15, 0.2) is 5.78 Å². The minimum absolute atomic E-state index is 0.0912. The van der Waals surface area contributed by atoms with E-state index in [0.29, 0.717) is 36.2 Å². The highest BCUT2D eigenvalue weighted by Gasteiger charge is 2.24. The van der Waals surface area contributed by atoms with Crippen molar-refractivity contribution in [3.63, 3.8) is 0 Å². The van der Waals surface area contributed by atoms with E-state index in [9.17, 15) is 14.4 Å². The van der Waals surface area contributed by atoms with Crippen LogP contribution in [-0.4, -0.2) is 24.4 Å². The van der Waals surface area contributed by atoms with Crippen LogP contribution in [0.1, 0.15) is 45.0 Å². The van der Waals surface area contributed by atoms with Crippen molar-refractivity contribution >= 4 is 17.9 Å². The summed E-state index contributed by atoms with van der Waals surface area (Å²) in [6.07, 6.45) is 3.41. The second-order valence-corrected chi connectivity index (χ2v) is 6.02. The lowest BCUT2D eigenvalue weighted by Crippen LogP contribution is -2.28. The molecule has 1 unspecified atom stereocenters. The molecule has 0 aromatic heterocycles. The van der Waals surface area contributed by atoms with Gasteiger partial charge in [-0.05, 0) is 17.9 Å². The van der Waals surface area contributed by atoms with E-state index >= 15 is 0 Å². The molecule has 0 bridgehead atoms. The number of hydrogen-bond acceptors (Lipinski definition) is 4. The Morgan fingerprint density at radius 1 is 0.920 bits per heavy atom. The Hall–Kier alpha value is -3.01. The van der Waals surface area contributed by atoms with Gasteiger partial charge in [0.1, 0.15) is 6.29 Å². The summed E-state index contributed by atoms with van der Waals surface area (Å²) in [4.78, 5) is 35.6. The van der Waals surface area contributed by atoms with Crippen LogP contribution in [0.15, 0.2) is 66.4 Å². The SMILES string of the molecule is O=CCC(CCNC1=CC(=O)c2ccccc2C1=O)c1ccccc1. The molecule has 0 heterocycles. The Bertz CT molecular complexity index is 824. The molecule has 0 amide bonds. The number of ketones is 2. The van der Waals surface area contributed by atoms with Crippen LogP contribution >= 0.6 is 0 Å². The number of allylic oxidation sites excluding steroid dienone is 2. The molecule has 4 heteroatoms. The first kappa shape index (κ1) is 16.8. The summed E-state index contributed by atoms with van der Waals surface area (Å²) < 4.78 is 0. The summed E-state index contributed by atoms with van der Waals surface area (Å²) in [5.74, 6) is -0.236. The molecule has 3 rings (SSSR count). The van der Waals surface area contributed by atoms with Crippen molar-refractivity contribution in [3.8, 4) is 0 Å². The van der Waals surface area contributed by atoms with E-state index in [1.807, 2.05) is 30.3 Å². The summed E-state index contributed by atoms with van der Waals surface area (Å²) in [6, 6.07) is 16.7. The van der Waals surface area contributed by atoms with E-state index in [4.69, 9.17) is 0 Å². The van der Waals surface area contributed by atoms with E-state index in [0.717, 1.165) is 11.8 Å². The zero-order chi connectivity index (χ0) is 17.6. The van der Waals surface area contributed by atoms with Crippen LogP contribution in [0.25, 0.3) is 0 Å². The zero-order valence-corrected chi connectivity index (χ0v) is 13.8. The molecule has 0 fully saturated rings. The fourth-order valence-corrected chi connectivity index (χ4v) is 3.09. The van der Waals surface area contributed by atoms with Crippen molar-refractivity contribution in [2.24, 2.45) is 0 Å². The van der Waals surface area contributed by atoms with Gasteiger partial charge in [-0.15, -0.1) is 0 Å². The van der Waals surface area contributed by atoms with Crippen molar-refractivity contribution in [1.82, 2.24) is 5.32 Å². The van der Waals surface area contributed by atoms with Crippen LogP contribution in [0.4, 0.5) is 0 Å². The maximum atomic E-state index is 12.5. The topological polar surface area (TPSA) is 63.2 Å². The number of benzene rings is 2. The van der Waals surface area contributed by atoms with Gasteiger partial charge in [0.2, 0.25) is 5.78 Å². The molecule has 0 saturated carbocycles. The third-order valence-corrected chi connectivity index (χ3v) is 4.42. The molecular formula is C21H19NO3. The lowest BCUT2D eigenvalue weighted by Gasteiger charge is -2.19. The average Bonchev–Trinajstić information content (AvgIpc) is 2.65. The number of hydrogen-bond donors (Lipinski definition) is 1. The lowest BCUT2D eigenvalue weighted by atomic mass is 9.91. The second kappa shape index (κ2) is 7.71. The van der Waals surface area contributed by atoms with Crippen LogP contribution in [-0.2, 0) is 4.79 Å². The highest BCUT2D eigenvalue weighted by molar-refractivity contribution is 6.24. The van der Waals surface area contributed by atoms with Crippen LogP contribution in [0, 0.1) is 0 Å². The minimum atomic E-state index is -0.165. The number of nitrogens with one attached hydrogen (secondary N) is 1. The Morgan fingerprint density at radius 2 is 1.60 bits per heavy atom. The standard InChI is InChI=1S/C21H19NO3/c23-13-11-16(15-6-2-1-3-7-15)10-12-22-19-14-20(24)17-8-4-5-9-18(17)21(19)25/h1-9,13-14,16,22H,10-12H2. The normalized spacial score (nSPS) is 14.5. The predicted molar refractivity (Wildman–Crippen MR) is 95.7 cm³/mol. The average molecular weight is 333 g/mol. The largest absolute Gasteiger partial charge is 0.382 e. The third kappa shape index (κ3) is 3.74. The summed E-state index contributed by atoms with van der Waals surface area (Å²) in [6.45, 7) is 0.514. The number of fused-ring (bicyclic) bond motifs is 1. The van der Waals surface area contributed by atoms with Gasteiger partial charge in [-0.2, -0.15) is 0 Å². The lowest BCUT2D eigenvalue weighted by molar-refractivity contribution is -0.108. The molecule has 1 aliphatic carbocycles. The first-order valence-electron chi connectivity index (χ1n) is 8.33. The first-order chi connectivity index (χ1) is 12.2. The number of rotatable bonds is 7. The highest BCUT2D eigenvalue weighted by atomic mass is 16.1. The van der Waals surface area contributed by atoms with E-state index < -0.39 is 0 Å². The van der Waals surface area contributed by atoms with Gasteiger partial charge in [0, 0.05) is 30.2 Å². The molecule has 0 spiro atoms. The molecule has 2 aromatic carbocycles. The quantitative estimate of drug-likeness (QED) is 0.790.